The summed E-state index contributed by atoms with van der Waals surface area (Å²) in [6.45, 7) is 4.41. The Morgan fingerprint density at radius 2 is 1.94 bits per heavy atom. The van der Waals surface area contributed by atoms with E-state index in [0.29, 0.717) is 6.61 Å². The monoisotopic (exact) mass is 236 g/mol. The third-order valence-corrected chi connectivity index (χ3v) is 2.55. The first-order chi connectivity index (χ1) is 8.04. The van der Waals surface area contributed by atoms with Crippen LogP contribution in [0.15, 0.2) is 24.3 Å². The highest BCUT2D eigenvalue weighted by molar-refractivity contribution is 5.94. The molecule has 0 saturated heterocycles. The van der Waals surface area contributed by atoms with Crippen molar-refractivity contribution in [3.05, 3.63) is 29.8 Å². The highest BCUT2D eigenvalue weighted by atomic mass is 16.5. The van der Waals surface area contributed by atoms with Gasteiger partial charge in [0, 0.05) is 12.8 Å². The Morgan fingerprint density at radius 1 is 1.35 bits per heavy atom. The predicted molar refractivity (Wildman–Crippen MR) is 68.6 cm³/mol. The molecule has 1 unspecified atom stereocenters. The molecule has 0 aliphatic rings. The van der Waals surface area contributed by atoms with Gasteiger partial charge in [-0.25, -0.2) is 0 Å². The van der Waals surface area contributed by atoms with Crippen molar-refractivity contribution in [1.82, 2.24) is 0 Å². The van der Waals surface area contributed by atoms with Gasteiger partial charge in [0.15, 0.2) is 0 Å². The van der Waals surface area contributed by atoms with Gasteiger partial charge < -0.3 is 15.8 Å². The minimum atomic E-state index is -0.478. The lowest BCUT2D eigenvalue weighted by Crippen LogP contribution is -2.39. The molecule has 3 N–H and O–H groups in total. The second-order valence-corrected chi connectivity index (χ2v) is 4.39. The van der Waals surface area contributed by atoms with Crippen molar-refractivity contribution < 1.29 is 9.53 Å². The number of ether oxygens (including phenoxy) is 1. The Hall–Kier alpha value is -1.39. The third kappa shape index (κ3) is 4.17. The molecule has 1 atom stereocenters. The largest absolute Gasteiger partial charge is 0.380 e. The molecule has 0 aliphatic heterocycles. The van der Waals surface area contributed by atoms with E-state index in [4.69, 9.17) is 10.5 Å². The first kappa shape index (κ1) is 13.7. The zero-order valence-electron chi connectivity index (χ0n) is 10.6. The lowest BCUT2D eigenvalue weighted by atomic mass is 10.0. The van der Waals surface area contributed by atoms with Crippen LogP contribution in [0.25, 0.3) is 0 Å². The highest BCUT2D eigenvalue weighted by Crippen LogP contribution is 2.11. The van der Waals surface area contributed by atoms with Crippen LogP contribution in [0.3, 0.4) is 0 Å². The molecule has 17 heavy (non-hydrogen) atoms. The zero-order valence-corrected chi connectivity index (χ0v) is 10.6. The van der Waals surface area contributed by atoms with Gasteiger partial charge in [0.2, 0.25) is 5.91 Å². The van der Waals surface area contributed by atoms with Crippen molar-refractivity contribution in [2.75, 3.05) is 12.4 Å². The van der Waals surface area contributed by atoms with Crippen molar-refractivity contribution in [2.24, 2.45) is 11.7 Å². The van der Waals surface area contributed by atoms with E-state index in [2.05, 4.69) is 5.32 Å². The number of carbonyl (C=O) groups is 1. The van der Waals surface area contributed by atoms with Crippen molar-refractivity contribution in [3.63, 3.8) is 0 Å². The van der Waals surface area contributed by atoms with E-state index in [1.165, 1.54) is 0 Å². The molecular weight excluding hydrogens is 216 g/mol. The predicted octanol–water partition coefficient (Wildman–Crippen LogP) is 1.75. The first-order valence-corrected chi connectivity index (χ1v) is 5.69. The molecule has 0 saturated carbocycles. The molecule has 0 radical (unpaired) electrons. The van der Waals surface area contributed by atoms with E-state index in [1.807, 2.05) is 38.1 Å². The van der Waals surface area contributed by atoms with E-state index in [-0.39, 0.29) is 11.8 Å². The summed E-state index contributed by atoms with van der Waals surface area (Å²) in [5.74, 6) is -0.0257. The first-order valence-electron chi connectivity index (χ1n) is 5.69. The fraction of sp³-hybridized carbons (Fsp3) is 0.462. The molecule has 4 heteroatoms. The Balaban J connectivity index is 2.60. The van der Waals surface area contributed by atoms with Gasteiger partial charge in [-0.2, -0.15) is 0 Å². The summed E-state index contributed by atoms with van der Waals surface area (Å²) in [5, 5.41) is 2.79. The van der Waals surface area contributed by atoms with E-state index >= 15 is 0 Å². The van der Waals surface area contributed by atoms with E-state index in [1.54, 1.807) is 7.11 Å². The Kier molecular flexibility index (Phi) is 5.12. The number of carbonyl (C=O) groups excluding carboxylic acids is 1. The van der Waals surface area contributed by atoms with Crippen LogP contribution in [0.4, 0.5) is 5.69 Å². The Morgan fingerprint density at radius 3 is 2.41 bits per heavy atom. The smallest absolute Gasteiger partial charge is 0.241 e. The molecule has 1 aromatic rings. The van der Waals surface area contributed by atoms with Crippen LogP contribution in [0.1, 0.15) is 19.4 Å². The average molecular weight is 236 g/mol. The lowest BCUT2D eigenvalue weighted by molar-refractivity contribution is -0.118. The van der Waals surface area contributed by atoms with Gasteiger partial charge in [-0.15, -0.1) is 0 Å². The maximum absolute atomic E-state index is 11.7. The van der Waals surface area contributed by atoms with Crippen molar-refractivity contribution >= 4 is 11.6 Å². The lowest BCUT2D eigenvalue weighted by Gasteiger charge is -2.15. The topological polar surface area (TPSA) is 64.3 Å². The minimum Gasteiger partial charge on any atom is -0.380 e. The highest BCUT2D eigenvalue weighted by Gasteiger charge is 2.16. The second kappa shape index (κ2) is 6.37. The Labute approximate surface area is 102 Å². The summed E-state index contributed by atoms with van der Waals surface area (Å²) in [6, 6.07) is 7.05. The fourth-order valence-electron chi connectivity index (χ4n) is 1.38. The number of methoxy groups -OCH3 is 1. The van der Waals surface area contributed by atoms with E-state index in [0.717, 1.165) is 11.3 Å². The van der Waals surface area contributed by atoms with Crippen LogP contribution in [-0.2, 0) is 16.1 Å². The number of hydrogen-bond donors (Lipinski definition) is 2. The number of anilines is 1. The van der Waals surface area contributed by atoms with Gasteiger partial charge in [-0.1, -0.05) is 26.0 Å². The normalized spacial score (nSPS) is 12.5. The summed E-state index contributed by atoms with van der Waals surface area (Å²) in [4.78, 5) is 11.7. The average Bonchev–Trinajstić information content (AvgIpc) is 2.30. The van der Waals surface area contributed by atoms with Crippen molar-refractivity contribution in [3.8, 4) is 0 Å². The molecule has 0 aliphatic carbocycles. The summed E-state index contributed by atoms with van der Waals surface area (Å²) in [7, 11) is 1.65. The standard InChI is InChI=1S/C13H20N2O2/c1-9(2)12(14)13(16)15-11-6-4-10(5-7-11)8-17-3/h4-7,9,12H,8,14H2,1-3H3,(H,15,16). The zero-order chi connectivity index (χ0) is 12.8. The van der Waals surface area contributed by atoms with Crippen LogP contribution >= 0.6 is 0 Å². The van der Waals surface area contributed by atoms with Crippen LogP contribution in [0, 0.1) is 5.92 Å². The maximum atomic E-state index is 11.7. The number of amides is 1. The van der Waals surface area contributed by atoms with Crippen LogP contribution in [0.2, 0.25) is 0 Å². The number of hydrogen-bond acceptors (Lipinski definition) is 3. The van der Waals surface area contributed by atoms with Crippen molar-refractivity contribution in [1.29, 1.82) is 0 Å². The molecule has 4 nitrogen and oxygen atoms in total. The second-order valence-electron chi connectivity index (χ2n) is 4.39. The van der Waals surface area contributed by atoms with Crippen molar-refractivity contribution in [2.45, 2.75) is 26.5 Å². The number of nitrogens with one attached hydrogen (secondary N) is 1. The molecule has 0 fully saturated rings. The summed E-state index contributed by atoms with van der Waals surface area (Å²) < 4.78 is 5.01. The van der Waals surface area contributed by atoms with Crippen LogP contribution < -0.4 is 11.1 Å². The van der Waals surface area contributed by atoms with Gasteiger partial charge in [0.25, 0.3) is 0 Å². The fourth-order valence-corrected chi connectivity index (χ4v) is 1.38. The van der Waals surface area contributed by atoms with E-state index < -0.39 is 6.04 Å². The molecule has 1 rings (SSSR count). The van der Waals surface area contributed by atoms with Gasteiger partial charge in [0.1, 0.15) is 0 Å². The molecule has 0 spiro atoms. The maximum Gasteiger partial charge on any atom is 0.241 e. The quantitative estimate of drug-likeness (QED) is 0.818. The molecule has 1 amide bonds. The number of nitrogens with two attached hydrogens (primary N) is 1. The van der Waals surface area contributed by atoms with Crippen LogP contribution in [-0.4, -0.2) is 19.1 Å². The van der Waals surface area contributed by atoms with Gasteiger partial charge in [0.05, 0.1) is 12.6 Å². The SMILES string of the molecule is COCc1ccc(NC(=O)C(N)C(C)C)cc1. The number of benzene rings is 1. The summed E-state index contributed by atoms with van der Waals surface area (Å²) >= 11 is 0. The molecule has 0 heterocycles. The molecule has 94 valence electrons. The molecule has 0 aromatic heterocycles. The molecule has 1 aromatic carbocycles. The van der Waals surface area contributed by atoms with Gasteiger partial charge >= 0.3 is 0 Å². The van der Waals surface area contributed by atoms with E-state index in [9.17, 15) is 4.79 Å². The molecular formula is C13H20N2O2. The molecule has 0 bridgehead atoms. The third-order valence-electron chi connectivity index (χ3n) is 2.55. The van der Waals surface area contributed by atoms with Crippen LogP contribution in [0.5, 0.6) is 0 Å². The summed E-state index contributed by atoms with van der Waals surface area (Å²) in [6.07, 6.45) is 0. The van der Waals surface area contributed by atoms with Gasteiger partial charge in [-0.3, -0.25) is 4.79 Å². The Bertz CT molecular complexity index is 360. The summed E-state index contributed by atoms with van der Waals surface area (Å²) in [5.41, 5.74) is 7.58. The number of rotatable bonds is 5. The van der Waals surface area contributed by atoms with Gasteiger partial charge in [-0.05, 0) is 23.6 Å². The minimum absolute atomic E-state index is 0.128.